The van der Waals surface area contributed by atoms with Crippen molar-refractivity contribution in [2.24, 2.45) is 5.73 Å². The minimum atomic E-state index is 0.248. The van der Waals surface area contributed by atoms with Gasteiger partial charge in [0, 0.05) is 10.8 Å². The molecule has 0 aliphatic heterocycles. The smallest absolute Gasteiger partial charge is 0.0102 e. The lowest BCUT2D eigenvalue weighted by atomic mass is 9.90. The standard InChI is InChI=1S/C9H19NS/c1-9(11)6-3-2-4-8(10)5-7-9/h8,11H,2-7,10H2,1H3. The van der Waals surface area contributed by atoms with Gasteiger partial charge in [-0.1, -0.05) is 19.8 Å². The molecule has 1 aliphatic carbocycles. The fraction of sp³-hybridized carbons (Fsp3) is 1.00. The first kappa shape index (κ1) is 9.40. The molecule has 0 aromatic rings. The van der Waals surface area contributed by atoms with Crippen LogP contribution in [0.4, 0.5) is 0 Å². The van der Waals surface area contributed by atoms with Gasteiger partial charge in [0.2, 0.25) is 0 Å². The maximum Gasteiger partial charge on any atom is 0.0102 e. The SMILES string of the molecule is CC1(S)CCCCC(N)CC1. The Kier molecular flexibility index (Phi) is 3.26. The first-order valence-corrected chi connectivity index (χ1v) is 5.03. The van der Waals surface area contributed by atoms with E-state index in [1.165, 1.54) is 32.1 Å². The van der Waals surface area contributed by atoms with Crippen LogP contribution in [0.25, 0.3) is 0 Å². The summed E-state index contributed by atoms with van der Waals surface area (Å²) < 4.78 is 0.248. The van der Waals surface area contributed by atoms with Gasteiger partial charge in [-0.25, -0.2) is 0 Å². The van der Waals surface area contributed by atoms with Gasteiger partial charge in [-0.2, -0.15) is 12.6 Å². The van der Waals surface area contributed by atoms with Crippen molar-refractivity contribution >= 4 is 12.6 Å². The summed E-state index contributed by atoms with van der Waals surface area (Å²) >= 11 is 4.62. The van der Waals surface area contributed by atoms with Crippen molar-refractivity contribution in [3.05, 3.63) is 0 Å². The van der Waals surface area contributed by atoms with Crippen molar-refractivity contribution in [1.82, 2.24) is 0 Å². The van der Waals surface area contributed by atoms with Crippen LogP contribution >= 0.6 is 12.6 Å². The van der Waals surface area contributed by atoms with E-state index in [1.807, 2.05) is 0 Å². The van der Waals surface area contributed by atoms with Gasteiger partial charge >= 0.3 is 0 Å². The second kappa shape index (κ2) is 3.81. The van der Waals surface area contributed by atoms with E-state index < -0.39 is 0 Å². The molecular formula is C9H19NS. The second-order valence-corrected chi connectivity index (χ2v) is 5.12. The molecule has 0 aromatic heterocycles. The van der Waals surface area contributed by atoms with Gasteiger partial charge < -0.3 is 5.73 Å². The van der Waals surface area contributed by atoms with Crippen molar-refractivity contribution < 1.29 is 0 Å². The Morgan fingerprint density at radius 2 is 2.00 bits per heavy atom. The second-order valence-electron chi connectivity index (χ2n) is 4.04. The van der Waals surface area contributed by atoms with Gasteiger partial charge in [0.25, 0.3) is 0 Å². The molecule has 0 spiro atoms. The average Bonchev–Trinajstić information content (AvgIpc) is 1.92. The van der Waals surface area contributed by atoms with Crippen LogP contribution in [0.2, 0.25) is 0 Å². The monoisotopic (exact) mass is 173 g/mol. The van der Waals surface area contributed by atoms with E-state index in [-0.39, 0.29) is 4.75 Å². The maximum absolute atomic E-state index is 5.89. The molecule has 0 bridgehead atoms. The summed E-state index contributed by atoms with van der Waals surface area (Å²) in [6, 6.07) is 0.432. The van der Waals surface area contributed by atoms with Crippen molar-refractivity contribution in [2.75, 3.05) is 0 Å². The number of rotatable bonds is 0. The zero-order valence-electron chi connectivity index (χ0n) is 7.34. The maximum atomic E-state index is 5.89. The topological polar surface area (TPSA) is 26.0 Å². The molecule has 0 radical (unpaired) electrons. The molecule has 11 heavy (non-hydrogen) atoms. The van der Waals surface area contributed by atoms with Crippen molar-refractivity contribution in [3.8, 4) is 0 Å². The van der Waals surface area contributed by atoms with Gasteiger partial charge in [0.15, 0.2) is 0 Å². The minimum Gasteiger partial charge on any atom is -0.328 e. The van der Waals surface area contributed by atoms with Crippen molar-refractivity contribution in [2.45, 2.75) is 56.2 Å². The van der Waals surface area contributed by atoms with E-state index in [1.54, 1.807) is 0 Å². The predicted molar refractivity (Wildman–Crippen MR) is 53.1 cm³/mol. The lowest BCUT2D eigenvalue weighted by Gasteiger charge is -2.28. The van der Waals surface area contributed by atoms with Crippen LogP contribution in [-0.4, -0.2) is 10.8 Å². The Hall–Kier alpha value is 0.310. The van der Waals surface area contributed by atoms with E-state index in [0.29, 0.717) is 6.04 Å². The van der Waals surface area contributed by atoms with Crippen LogP contribution in [-0.2, 0) is 0 Å². The molecule has 2 atom stereocenters. The van der Waals surface area contributed by atoms with Crippen molar-refractivity contribution in [1.29, 1.82) is 0 Å². The summed E-state index contributed by atoms with van der Waals surface area (Å²) in [5.74, 6) is 0. The third kappa shape index (κ3) is 3.48. The zero-order chi connectivity index (χ0) is 8.32. The van der Waals surface area contributed by atoms with Gasteiger partial charge in [-0.3, -0.25) is 0 Å². The molecule has 0 heterocycles. The van der Waals surface area contributed by atoms with Crippen LogP contribution < -0.4 is 5.73 Å². The number of nitrogens with two attached hydrogens (primary N) is 1. The third-order valence-electron chi connectivity index (χ3n) is 2.59. The lowest BCUT2D eigenvalue weighted by Crippen LogP contribution is -2.27. The van der Waals surface area contributed by atoms with Crippen LogP contribution in [0.3, 0.4) is 0 Å². The van der Waals surface area contributed by atoms with E-state index in [4.69, 9.17) is 5.73 Å². The van der Waals surface area contributed by atoms with E-state index in [9.17, 15) is 0 Å². The van der Waals surface area contributed by atoms with Gasteiger partial charge in [0.1, 0.15) is 0 Å². The van der Waals surface area contributed by atoms with Crippen LogP contribution in [0.5, 0.6) is 0 Å². The molecule has 1 nitrogen and oxygen atoms in total. The molecule has 2 unspecified atom stereocenters. The molecule has 1 fully saturated rings. The summed E-state index contributed by atoms with van der Waals surface area (Å²) in [6.07, 6.45) is 7.38. The summed E-state index contributed by atoms with van der Waals surface area (Å²) in [4.78, 5) is 0. The molecule has 1 saturated carbocycles. The molecule has 0 saturated heterocycles. The first-order valence-electron chi connectivity index (χ1n) is 4.58. The fourth-order valence-corrected chi connectivity index (χ4v) is 1.97. The van der Waals surface area contributed by atoms with Gasteiger partial charge in [0.05, 0.1) is 0 Å². The normalized spacial score (nSPS) is 41.2. The molecule has 66 valence electrons. The largest absolute Gasteiger partial charge is 0.328 e. The highest BCUT2D eigenvalue weighted by Gasteiger charge is 2.21. The Morgan fingerprint density at radius 3 is 2.73 bits per heavy atom. The quantitative estimate of drug-likeness (QED) is 0.540. The zero-order valence-corrected chi connectivity index (χ0v) is 8.24. The molecule has 0 aromatic carbocycles. The Balaban J connectivity index is 2.38. The molecule has 2 N–H and O–H groups in total. The molecule has 2 heteroatoms. The van der Waals surface area contributed by atoms with Crippen LogP contribution in [0.1, 0.15) is 45.4 Å². The summed E-state index contributed by atoms with van der Waals surface area (Å²) in [7, 11) is 0. The van der Waals surface area contributed by atoms with Crippen LogP contribution in [0.15, 0.2) is 0 Å². The highest BCUT2D eigenvalue weighted by atomic mass is 32.1. The van der Waals surface area contributed by atoms with Crippen molar-refractivity contribution in [3.63, 3.8) is 0 Å². The summed E-state index contributed by atoms with van der Waals surface area (Å²) in [6.45, 7) is 2.23. The van der Waals surface area contributed by atoms with E-state index >= 15 is 0 Å². The highest BCUT2D eigenvalue weighted by molar-refractivity contribution is 7.81. The van der Waals surface area contributed by atoms with E-state index in [2.05, 4.69) is 19.6 Å². The first-order chi connectivity index (χ1) is 5.10. The molecular weight excluding hydrogens is 154 g/mol. The third-order valence-corrected chi connectivity index (χ3v) is 3.04. The number of thiol groups is 1. The van der Waals surface area contributed by atoms with Gasteiger partial charge in [-0.15, -0.1) is 0 Å². The number of hydrogen-bond acceptors (Lipinski definition) is 2. The van der Waals surface area contributed by atoms with E-state index in [0.717, 1.165) is 6.42 Å². The number of hydrogen-bond donors (Lipinski definition) is 2. The minimum absolute atomic E-state index is 0.248. The Morgan fingerprint density at radius 1 is 1.27 bits per heavy atom. The predicted octanol–water partition coefficient (Wildman–Crippen LogP) is 2.36. The molecule has 1 rings (SSSR count). The highest BCUT2D eigenvalue weighted by Crippen LogP contribution is 2.30. The average molecular weight is 173 g/mol. The Labute approximate surface area is 75.1 Å². The lowest BCUT2D eigenvalue weighted by molar-refractivity contribution is 0.404. The fourth-order valence-electron chi connectivity index (χ4n) is 1.68. The van der Waals surface area contributed by atoms with Gasteiger partial charge in [-0.05, 0) is 25.7 Å². The molecule has 1 aliphatic rings. The van der Waals surface area contributed by atoms with Crippen LogP contribution in [0, 0.1) is 0 Å². The summed E-state index contributed by atoms with van der Waals surface area (Å²) in [5, 5.41) is 0. The Bertz CT molecular complexity index is 123. The summed E-state index contributed by atoms with van der Waals surface area (Å²) in [5.41, 5.74) is 5.89. The molecule has 0 amide bonds.